The molecule has 0 amide bonds. The van der Waals surface area contributed by atoms with E-state index in [-0.39, 0.29) is 5.97 Å². The zero-order chi connectivity index (χ0) is 19.1. The van der Waals surface area contributed by atoms with Crippen molar-refractivity contribution in [3.8, 4) is 5.69 Å². The molecule has 5 heteroatoms. The number of nitrogens with zero attached hydrogens (tertiary/aromatic N) is 2. The molecule has 0 spiro atoms. The van der Waals surface area contributed by atoms with Crippen molar-refractivity contribution >= 4 is 29.5 Å². The van der Waals surface area contributed by atoms with Gasteiger partial charge in [-0.3, -0.25) is 4.99 Å². The Kier molecular flexibility index (Phi) is 6.44. The summed E-state index contributed by atoms with van der Waals surface area (Å²) in [6.45, 7) is 2.51. The lowest BCUT2D eigenvalue weighted by Gasteiger charge is -2.06. The molecule has 0 unspecified atom stereocenters. The minimum absolute atomic E-state index is 0.296. The summed E-state index contributed by atoms with van der Waals surface area (Å²) < 4.78 is 7.24. The Morgan fingerprint density at radius 2 is 1.85 bits per heavy atom. The van der Waals surface area contributed by atoms with Gasteiger partial charge in [-0.25, -0.2) is 4.79 Å². The van der Waals surface area contributed by atoms with Gasteiger partial charge in [0.15, 0.2) is 0 Å². The van der Waals surface area contributed by atoms with Gasteiger partial charge in [-0.2, -0.15) is 0 Å². The standard InChI is InChI=1S/C22H21ClN2O2/c1-2-3-15-27-22(26)17-6-10-19(11-7-17)24-16-21-5-4-14-25(21)20-12-8-18(23)9-13-20/h4-14,16H,2-3,15H2,1H3. The smallest absolute Gasteiger partial charge is 0.338 e. The number of esters is 1. The number of aliphatic imine (C=N–C) groups is 1. The first kappa shape index (κ1) is 18.9. The van der Waals surface area contributed by atoms with Crippen molar-refractivity contribution in [2.45, 2.75) is 19.8 Å². The third-order valence-electron chi connectivity index (χ3n) is 4.07. The molecule has 1 aromatic heterocycles. The molecule has 3 rings (SSSR count). The molecule has 4 nitrogen and oxygen atoms in total. The van der Waals surface area contributed by atoms with Crippen molar-refractivity contribution < 1.29 is 9.53 Å². The fourth-order valence-electron chi connectivity index (χ4n) is 2.55. The van der Waals surface area contributed by atoms with Gasteiger partial charge in [0.1, 0.15) is 0 Å². The molecular weight excluding hydrogens is 360 g/mol. The highest BCUT2D eigenvalue weighted by atomic mass is 35.5. The summed E-state index contributed by atoms with van der Waals surface area (Å²) in [6, 6.07) is 18.7. The Morgan fingerprint density at radius 1 is 1.11 bits per heavy atom. The molecule has 0 aliphatic carbocycles. The van der Waals surface area contributed by atoms with Crippen LogP contribution in [0.15, 0.2) is 71.9 Å². The van der Waals surface area contributed by atoms with Crippen molar-refractivity contribution in [2.24, 2.45) is 4.99 Å². The maximum absolute atomic E-state index is 11.9. The van der Waals surface area contributed by atoms with Gasteiger partial charge in [0.25, 0.3) is 0 Å². The fraction of sp³-hybridized carbons (Fsp3) is 0.182. The molecule has 138 valence electrons. The van der Waals surface area contributed by atoms with Crippen LogP contribution in [0.5, 0.6) is 0 Å². The Balaban J connectivity index is 1.69. The highest BCUT2D eigenvalue weighted by molar-refractivity contribution is 6.30. The molecule has 0 N–H and O–H groups in total. The van der Waals surface area contributed by atoms with Gasteiger partial charge in [0.05, 0.1) is 29.8 Å². The van der Waals surface area contributed by atoms with Crippen molar-refractivity contribution in [2.75, 3.05) is 6.61 Å². The number of rotatable bonds is 7. The van der Waals surface area contributed by atoms with E-state index < -0.39 is 0 Å². The Hall–Kier alpha value is -2.85. The number of benzene rings is 2. The average molecular weight is 381 g/mol. The van der Waals surface area contributed by atoms with E-state index in [0.717, 1.165) is 29.9 Å². The summed E-state index contributed by atoms with van der Waals surface area (Å²) in [5, 5.41) is 0.703. The molecule has 3 aromatic rings. The van der Waals surface area contributed by atoms with Gasteiger partial charge >= 0.3 is 5.97 Å². The number of unbranched alkanes of at least 4 members (excludes halogenated alkanes) is 1. The third-order valence-corrected chi connectivity index (χ3v) is 4.32. The zero-order valence-corrected chi connectivity index (χ0v) is 15.9. The monoisotopic (exact) mass is 380 g/mol. The van der Waals surface area contributed by atoms with Gasteiger partial charge in [-0.1, -0.05) is 24.9 Å². The van der Waals surface area contributed by atoms with Crippen molar-refractivity contribution in [3.05, 3.63) is 83.1 Å². The maximum atomic E-state index is 11.9. The fourth-order valence-corrected chi connectivity index (χ4v) is 2.68. The highest BCUT2D eigenvalue weighted by Gasteiger charge is 2.06. The number of aromatic nitrogens is 1. The predicted octanol–water partition coefficient (Wildman–Crippen LogP) is 5.84. The summed E-state index contributed by atoms with van der Waals surface area (Å²) in [6.07, 6.45) is 5.64. The second kappa shape index (κ2) is 9.19. The SMILES string of the molecule is CCCCOC(=O)c1ccc(N=Cc2cccn2-c2ccc(Cl)cc2)cc1. The molecule has 27 heavy (non-hydrogen) atoms. The normalized spacial score (nSPS) is 11.0. The van der Waals surface area contributed by atoms with Crippen molar-refractivity contribution in [3.63, 3.8) is 0 Å². The summed E-state index contributed by atoms with van der Waals surface area (Å²) >= 11 is 5.96. The number of carbonyl (C=O) groups is 1. The van der Waals surface area contributed by atoms with Gasteiger partial charge < -0.3 is 9.30 Å². The van der Waals surface area contributed by atoms with Gasteiger partial charge in [-0.05, 0) is 67.1 Å². The minimum Gasteiger partial charge on any atom is -0.462 e. The average Bonchev–Trinajstić information content (AvgIpc) is 3.16. The zero-order valence-electron chi connectivity index (χ0n) is 15.1. The molecule has 0 radical (unpaired) electrons. The van der Waals surface area contributed by atoms with E-state index in [1.54, 1.807) is 18.3 Å². The molecule has 0 atom stereocenters. The van der Waals surface area contributed by atoms with Gasteiger partial charge in [0, 0.05) is 16.9 Å². The van der Waals surface area contributed by atoms with Crippen molar-refractivity contribution in [1.29, 1.82) is 0 Å². The van der Waals surface area contributed by atoms with Crippen LogP contribution in [0.1, 0.15) is 35.8 Å². The van der Waals surface area contributed by atoms with E-state index in [0.29, 0.717) is 17.2 Å². The second-order valence-electron chi connectivity index (χ2n) is 6.07. The number of halogens is 1. The predicted molar refractivity (Wildman–Crippen MR) is 110 cm³/mol. The summed E-state index contributed by atoms with van der Waals surface area (Å²) in [5.74, 6) is -0.296. The molecule has 0 aliphatic heterocycles. The lowest BCUT2D eigenvalue weighted by molar-refractivity contribution is 0.0500. The number of hydrogen-bond acceptors (Lipinski definition) is 3. The van der Waals surface area contributed by atoms with Crippen LogP contribution in [0.4, 0.5) is 5.69 Å². The Bertz CT molecular complexity index is 912. The molecule has 0 fully saturated rings. The lowest BCUT2D eigenvalue weighted by Crippen LogP contribution is -2.05. The van der Waals surface area contributed by atoms with E-state index in [9.17, 15) is 4.79 Å². The summed E-state index contributed by atoms with van der Waals surface area (Å²) in [5.41, 5.74) is 3.26. The largest absolute Gasteiger partial charge is 0.462 e. The van der Waals surface area contributed by atoms with E-state index in [1.165, 1.54) is 0 Å². The number of ether oxygens (including phenoxy) is 1. The Morgan fingerprint density at radius 3 is 2.56 bits per heavy atom. The van der Waals surface area contributed by atoms with E-state index in [4.69, 9.17) is 16.3 Å². The molecule has 0 saturated heterocycles. The minimum atomic E-state index is -0.296. The molecule has 2 aromatic carbocycles. The first-order chi connectivity index (χ1) is 13.2. The van der Waals surface area contributed by atoms with Crippen LogP contribution < -0.4 is 0 Å². The van der Waals surface area contributed by atoms with Crippen molar-refractivity contribution in [1.82, 2.24) is 4.57 Å². The van der Waals surface area contributed by atoms with Gasteiger partial charge in [0.2, 0.25) is 0 Å². The highest BCUT2D eigenvalue weighted by Crippen LogP contribution is 2.17. The summed E-state index contributed by atoms with van der Waals surface area (Å²) in [7, 11) is 0. The molecule has 0 bridgehead atoms. The summed E-state index contributed by atoms with van der Waals surface area (Å²) in [4.78, 5) is 16.4. The molecule has 0 aliphatic rings. The molecule has 1 heterocycles. The van der Waals surface area contributed by atoms with Crippen LogP contribution in [0, 0.1) is 0 Å². The van der Waals surface area contributed by atoms with E-state index in [2.05, 4.69) is 11.9 Å². The van der Waals surface area contributed by atoms with E-state index >= 15 is 0 Å². The lowest BCUT2D eigenvalue weighted by atomic mass is 10.2. The second-order valence-corrected chi connectivity index (χ2v) is 6.51. The first-order valence-corrected chi connectivity index (χ1v) is 9.29. The van der Waals surface area contributed by atoms with Crippen LogP contribution in [-0.4, -0.2) is 23.4 Å². The Labute approximate surface area is 164 Å². The molecular formula is C22H21ClN2O2. The van der Waals surface area contributed by atoms with Crippen LogP contribution in [0.2, 0.25) is 5.02 Å². The number of hydrogen-bond donors (Lipinski definition) is 0. The maximum Gasteiger partial charge on any atom is 0.338 e. The van der Waals surface area contributed by atoms with E-state index in [1.807, 2.05) is 59.3 Å². The third kappa shape index (κ3) is 5.08. The number of carbonyl (C=O) groups excluding carboxylic acids is 1. The van der Waals surface area contributed by atoms with Crippen LogP contribution in [0.25, 0.3) is 5.69 Å². The topological polar surface area (TPSA) is 43.6 Å². The molecule has 0 saturated carbocycles. The first-order valence-electron chi connectivity index (χ1n) is 8.92. The quantitative estimate of drug-likeness (QED) is 0.293. The van der Waals surface area contributed by atoms with Crippen LogP contribution >= 0.6 is 11.6 Å². The van der Waals surface area contributed by atoms with Gasteiger partial charge in [-0.15, -0.1) is 0 Å². The van der Waals surface area contributed by atoms with Crippen LogP contribution in [0.3, 0.4) is 0 Å². The van der Waals surface area contributed by atoms with Crippen LogP contribution in [-0.2, 0) is 4.74 Å².